The average molecular weight is 394 g/mol. The smallest absolute Gasteiger partial charge is 0.430 e. The fourth-order valence-corrected chi connectivity index (χ4v) is 3.24. The van der Waals surface area contributed by atoms with Gasteiger partial charge in [-0.15, -0.1) is 0 Å². The molecule has 0 spiro atoms. The van der Waals surface area contributed by atoms with Crippen LogP contribution in [0.2, 0.25) is 0 Å². The van der Waals surface area contributed by atoms with E-state index in [0.29, 0.717) is 18.6 Å². The van der Waals surface area contributed by atoms with Crippen LogP contribution in [0, 0.1) is 5.41 Å². The van der Waals surface area contributed by atoms with Crippen LogP contribution in [0.15, 0.2) is 59.7 Å². The molecule has 0 aliphatic carbocycles. The first-order valence-corrected chi connectivity index (χ1v) is 9.57. The van der Waals surface area contributed by atoms with Crippen LogP contribution < -0.4 is 0 Å². The van der Waals surface area contributed by atoms with Gasteiger partial charge in [-0.1, -0.05) is 63.2 Å². The number of amides is 1. The lowest BCUT2D eigenvalue weighted by atomic mass is 9.85. The molecule has 1 saturated heterocycles. The second-order valence-electron chi connectivity index (χ2n) is 8.03. The molecule has 1 aliphatic rings. The van der Waals surface area contributed by atoms with E-state index in [0.717, 1.165) is 16.8 Å². The van der Waals surface area contributed by atoms with Crippen molar-refractivity contribution < 1.29 is 19.1 Å². The van der Waals surface area contributed by atoms with Crippen LogP contribution in [0.5, 0.6) is 0 Å². The van der Waals surface area contributed by atoms with Crippen LogP contribution in [0.4, 0.5) is 4.79 Å². The molecule has 0 N–H and O–H groups in total. The zero-order valence-electron chi connectivity index (χ0n) is 17.2. The van der Waals surface area contributed by atoms with E-state index in [-0.39, 0.29) is 11.5 Å². The summed E-state index contributed by atoms with van der Waals surface area (Å²) in [5, 5.41) is 6.18. The number of hydrogen-bond donors (Lipinski definition) is 0. The van der Waals surface area contributed by atoms with Crippen molar-refractivity contribution in [3.05, 3.63) is 71.3 Å². The topological polar surface area (TPSA) is 68.2 Å². The largest absolute Gasteiger partial charge is 0.465 e. The molecule has 0 radical (unpaired) electrons. The number of hydrogen-bond acceptors (Lipinski definition) is 5. The molecule has 6 nitrogen and oxygen atoms in total. The monoisotopic (exact) mass is 394 g/mol. The first kappa shape index (κ1) is 20.6. The van der Waals surface area contributed by atoms with Gasteiger partial charge < -0.3 is 9.47 Å². The zero-order valence-corrected chi connectivity index (χ0v) is 17.2. The predicted octanol–water partition coefficient (Wildman–Crippen LogP) is 4.29. The van der Waals surface area contributed by atoms with Crippen molar-refractivity contribution >= 4 is 17.8 Å². The van der Waals surface area contributed by atoms with Gasteiger partial charge in [0, 0.05) is 5.41 Å². The standard InChI is InChI=1S/C23H26N2O4/c1-23(2,3)20(17-10-12-18(13-11-17)21(26)28-4)24-25-19(15-29-22(25)27)14-16-8-6-5-7-9-16/h5-13,19H,14-15H2,1-4H3. The average Bonchev–Trinajstić information content (AvgIpc) is 3.04. The Kier molecular flexibility index (Phi) is 6.01. The summed E-state index contributed by atoms with van der Waals surface area (Å²) in [6.45, 7) is 6.41. The third-order valence-electron chi connectivity index (χ3n) is 4.74. The Morgan fingerprint density at radius 3 is 2.31 bits per heavy atom. The minimum absolute atomic E-state index is 0.170. The molecule has 6 heteroatoms. The van der Waals surface area contributed by atoms with Crippen molar-refractivity contribution in [1.29, 1.82) is 0 Å². The number of esters is 1. The summed E-state index contributed by atoms with van der Waals surface area (Å²) >= 11 is 0. The third-order valence-corrected chi connectivity index (χ3v) is 4.74. The molecule has 0 aromatic heterocycles. The lowest BCUT2D eigenvalue weighted by Gasteiger charge is -2.25. The number of ether oxygens (including phenoxy) is 2. The summed E-state index contributed by atoms with van der Waals surface area (Å²) in [6, 6.07) is 16.9. The lowest BCUT2D eigenvalue weighted by molar-refractivity contribution is 0.0600. The molecule has 152 valence electrons. The van der Waals surface area contributed by atoms with E-state index in [4.69, 9.17) is 14.6 Å². The summed E-state index contributed by atoms with van der Waals surface area (Å²) in [5.41, 5.74) is 2.84. The van der Waals surface area contributed by atoms with Gasteiger partial charge in [-0.2, -0.15) is 10.1 Å². The number of benzene rings is 2. The molecule has 1 atom stereocenters. The van der Waals surface area contributed by atoms with Crippen molar-refractivity contribution in [3.8, 4) is 0 Å². The van der Waals surface area contributed by atoms with Crippen LogP contribution in [-0.2, 0) is 15.9 Å². The van der Waals surface area contributed by atoms with E-state index < -0.39 is 12.1 Å². The fraction of sp³-hybridized carbons (Fsp3) is 0.348. The number of carbonyl (C=O) groups excluding carboxylic acids is 2. The summed E-state index contributed by atoms with van der Waals surface area (Å²) in [7, 11) is 1.35. The highest BCUT2D eigenvalue weighted by Crippen LogP contribution is 2.26. The lowest BCUT2D eigenvalue weighted by Crippen LogP contribution is -2.34. The van der Waals surface area contributed by atoms with Crippen molar-refractivity contribution in [3.63, 3.8) is 0 Å². The summed E-state index contributed by atoms with van der Waals surface area (Å²) in [6.07, 6.45) is 0.216. The van der Waals surface area contributed by atoms with E-state index >= 15 is 0 Å². The molecule has 1 amide bonds. The minimum Gasteiger partial charge on any atom is -0.465 e. The van der Waals surface area contributed by atoms with E-state index in [1.807, 2.05) is 63.2 Å². The second-order valence-corrected chi connectivity index (χ2v) is 8.03. The highest BCUT2D eigenvalue weighted by molar-refractivity contribution is 6.05. The first-order chi connectivity index (χ1) is 13.8. The first-order valence-electron chi connectivity index (χ1n) is 9.57. The van der Waals surface area contributed by atoms with Gasteiger partial charge in [0.15, 0.2) is 0 Å². The number of rotatable bonds is 5. The van der Waals surface area contributed by atoms with Crippen LogP contribution in [0.25, 0.3) is 0 Å². The minimum atomic E-state index is -0.445. The molecule has 1 unspecified atom stereocenters. The van der Waals surface area contributed by atoms with E-state index in [2.05, 4.69) is 0 Å². The maximum atomic E-state index is 12.4. The predicted molar refractivity (Wildman–Crippen MR) is 111 cm³/mol. The van der Waals surface area contributed by atoms with E-state index in [1.165, 1.54) is 12.1 Å². The summed E-state index contributed by atoms with van der Waals surface area (Å²) < 4.78 is 10.0. The van der Waals surface area contributed by atoms with Crippen LogP contribution in [0.1, 0.15) is 42.3 Å². The number of nitrogens with zero attached hydrogens (tertiary/aromatic N) is 2. The number of methoxy groups -OCH3 is 1. The van der Waals surface area contributed by atoms with E-state index in [1.54, 1.807) is 12.1 Å². The quantitative estimate of drug-likeness (QED) is 0.560. The third kappa shape index (κ3) is 4.83. The van der Waals surface area contributed by atoms with Gasteiger partial charge in [0.2, 0.25) is 0 Å². The molecule has 1 fully saturated rings. The van der Waals surface area contributed by atoms with Gasteiger partial charge in [0.05, 0.1) is 24.4 Å². The second kappa shape index (κ2) is 8.47. The Hall–Kier alpha value is -3.15. The van der Waals surface area contributed by atoms with Crippen molar-refractivity contribution in [2.24, 2.45) is 10.5 Å². The van der Waals surface area contributed by atoms with Crippen LogP contribution in [-0.4, -0.2) is 42.5 Å². The Balaban J connectivity index is 1.92. The zero-order chi connectivity index (χ0) is 21.0. The van der Waals surface area contributed by atoms with Crippen molar-refractivity contribution in [2.45, 2.75) is 33.2 Å². The van der Waals surface area contributed by atoms with Gasteiger partial charge in [0.1, 0.15) is 6.61 Å². The number of hydrazone groups is 1. The van der Waals surface area contributed by atoms with Gasteiger partial charge in [-0.3, -0.25) is 0 Å². The molecule has 1 heterocycles. The molecule has 29 heavy (non-hydrogen) atoms. The number of cyclic esters (lactones) is 1. The number of carbonyl (C=O) groups is 2. The molecule has 0 saturated carbocycles. The van der Waals surface area contributed by atoms with Crippen LogP contribution in [0.3, 0.4) is 0 Å². The van der Waals surface area contributed by atoms with Gasteiger partial charge in [0.25, 0.3) is 0 Å². The molecule has 2 aromatic rings. The SMILES string of the molecule is COC(=O)c1ccc(C(=NN2C(=O)OCC2Cc2ccccc2)C(C)(C)C)cc1. The fourth-order valence-electron chi connectivity index (χ4n) is 3.24. The molecule has 2 aromatic carbocycles. The molecule has 3 rings (SSSR count). The van der Waals surface area contributed by atoms with Crippen molar-refractivity contribution in [1.82, 2.24) is 5.01 Å². The molecular formula is C23H26N2O4. The van der Waals surface area contributed by atoms with Gasteiger partial charge in [-0.05, 0) is 29.7 Å². The molecular weight excluding hydrogens is 368 g/mol. The van der Waals surface area contributed by atoms with Gasteiger partial charge in [-0.25, -0.2) is 9.59 Å². The highest BCUT2D eigenvalue weighted by atomic mass is 16.6. The highest BCUT2D eigenvalue weighted by Gasteiger charge is 2.35. The van der Waals surface area contributed by atoms with Crippen molar-refractivity contribution in [2.75, 3.05) is 13.7 Å². The maximum absolute atomic E-state index is 12.4. The Morgan fingerprint density at radius 1 is 1.10 bits per heavy atom. The van der Waals surface area contributed by atoms with E-state index in [9.17, 15) is 9.59 Å². The summed E-state index contributed by atoms with van der Waals surface area (Å²) in [5.74, 6) is -0.392. The maximum Gasteiger partial charge on any atom is 0.430 e. The Morgan fingerprint density at radius 2 is 1.72 bits per heavy atom. The van der Waals surface area contributed by atoms with Crippen LogP contribution >= 0.6 is 0 Å². The van der Waals surface area contributed by atoms with Gasteiger partial charge >= 0.3 is 12.1 Å². The molecule has 0 bridgehead atoms. The Bertz CT molecular complexity index is 899. The normalized spacial score (nSPS) is 17.2. The molecule has 1 aliphatic heterocycles. The Labute approximate surface area is 171 Å². The summed E-state index contributed by atoms with van der Waals surface area (Å²) in [4.78, 5) is 24.1.